The largest absolute Gasteiger partial charge is 0.313 e. The van der Waals surface area contributed by atoms with E-state index in [1.165, 1.54) is 51.5 Å². The first-order valence-corrected chi connectivity index (χ1v) is 8.79. The predicted molar refractivity (Wildman–Crippen MR) is 84.3 cm³/mol. The Morgan fingerprint density at radius 3 is 2.16 bits per heavy atom. The molecule has 3 unspecified atom stereocenters. The van der Waals surface area contributed by atoms with Crippen LogP contribution in [0.5, 0.6) is 0 Å². The zero-order valence-electron chi connectivity index (χ0n) is 13.6. The van der Waals surface area contributed by atoms with Crippen LogP contribution in [0.4, 0.5) is 0 Å². The fourth-order valence-electron chi connectivity index (χ4n) is 4.29. The van der Waals surface area contributed by atoms with Crippen molar-refractivity contribution < 1.29 is 0 Å². The molecule has 0 spiro atoms. The second-order valence-corrected chi connectivity index (χ2v) is 7.97. The maximum Gasteiger partial charge on any atom is 0.0100 e. The van der Waals surface area contributed by atoms with Gasteiger partial charge in [-0.2, -0.15) is 0 Å². The van der Waals surface area contributed by atoms with E-state index in [-0.39, 0.29) is 0 Å². The Morgan fingerprint density at radius 2 is 1.53 bits per heavy atom. The highest BCUT2D eigenvalue weighted by atomic mass is 14.9. The quantitative estimate of drug-likeness (QED) is 0.765. The molecule has 0 aromatic carbocycles. The molecule has 1 nitrogen and oxygen atoms in total. The lowest BCUT2D eigenvalue weighted by molar-refractivity contribution is 0.159. The molecule has 2 aliphatic carbocycles. The van der Waals surface area contributed by atoms with Crippen molar-refractivity contribution in [1.82, 2.24) is 5.32 Å². The molecule has 2 rings (SSSR count). The van der Waals surface area contributed by atoms with Crippen LogP contribution in [0.2, 0.25) is 0 Å². The molecule has 112 valence electrons. The topological polar surface area (TPSA) is 12.0 Å². The third-order valence-electron chi connectivity index (χ3n) is 5.83. The van der Waals surface area contributed by atoms with Crippen LogP contribution in [0.25, 0.3) is 0 Å². The third-order valence-corrected chi connectivity index (χ3v) is 5.83. The Hall–Kier alpha value is -0.0400. The lowest BCUT2D eigenvalue weighted by Gasteiger charge is -2.39. The van der Waals surface area contributed by atoms with Gasteiger partial charge in [0.2, 0.25) is 0 Å². The predicted octanol–water partition coefficient (Wildman–Crippen LogP) is 4.86. The molecule has 0 radical (unpaired) electrons. The van der Waals surface area contributed by atoms with Crippen molar-refractivity contribution >= 4 is 0 Å². The highest BCUT2D eigenvalue weighted by molar-refractivity contribution is 4.86. The minimum absolute atomic E-state index is 0.795. The van der Waals surface area contributed by atoms with Gasteiger partial charge >= 0.3 is 0 Å². The molecule has 2 saturated carbocycles. The average Bonchev–Trinajstić information content (AvgIpc) is 2.38. The lowest BCUT2D eigenvalue weighted by Crippen LogP contribution is -2.44. The van der Waals surface area contributed by atoms with Gasteiger partial charge in [-0.15, -0.1) is 0 Å². The molecule has 3 atom stereocenters. The Balaban J connectivity index is 1.78. The van der Waals surface area contributed by atoms with Gasteiger partial charge < -0.3 is 5.32 Å². The molecule has 2 aliphatic rings. The van der Waals surface area contributed by atoms with Crippen molar-refractivity contribution in [1.29, 1.82) is 0 Å². The van der Waals surface area contributed by atoms with Gasteiger partial charge in [-0.25, -0.2) is 0 Å². The van der Waals surface area contributed by atoms with Crippen molar-refractivity contribution in [2.75, 3.05) is 6.54 Å². The minimum atomic E-state index is 0.795. The molecule has 19 heavy (non-hydrogen) atoms. The number of rotatable bonds is 4. The molecule has 1 N–H and O–H groups in total. The number of hydrogen-bond donors (Lipinski definition) is 1. The SMILES string of the molecule is CC1CCC(CNC2CC(C)CCC2C(C)C)CC1. The molecule has 0 aromatic rings. The Labute approximate surface area is 120 Å². The summed E-state index contributed by atoms with van der Waals surface area (Å²) in [5, 5.41) is 3.97. The summed E-state index contributed by atoms with van der Waals surface area (Å²) in [6, 6.07) is 0.795. The van der Waals surface area contributed by atoms with Gasteiger partial charge in [0, 0.05) is 6.04 Å². The van der Waals surface area contributed by atoms with Gasteiger partial charge in [-0.3, -0.25) is 0 Å². The maximum atomic E-state index is 3.97. The molecule has 0 saturated heterocycles. The summed E-state index contributed by atoms with van der Waals surface area (Å²) in [4.78, 5) is 0. The van der Waals surface area contributed by atoms with Gasteiger partial charge in [-0.05, 0) is 61.8 Å². The summed E-state index contributed by atoms with van der Waals surface area (Å²) in [6.45, 7) is 11.0. The van der Waals surface area contributed by atoms with Crippen LogP contribution < -0.4 is 5.32 Å². The van der Waals surface area contributed by atoms with Crippen molar-refractivity contribution in [2.45, 2.75) is 78.7 Å². The van der Waals surface area contributed by atoms with Gasteiger partial charge in [0.15, 0.2) is 0 Å². The first-order valence-electron chi connectivity index (χ1n) is 8.79. The smallest absolute Gasteiger partial charge is 0.0100 e. The monoisotopic (exact) mass is 265 g/mol. The fraction of sp³-hybridized carbons (Fsp3) is 1.00. The molecular formula is C18H35N. The molecule has 1 heteroatoms. The minimum Gasteiger partial charge on any atom is -0.313 e. The Kier molecular flexibility index (Phi) is 5.74. The molecule has 0 heterocycles. The van der Waals surface area contributed by atoms with Crippen molar-refractivity contribution in [3.63, 3.8) is 0 Å². The summed E-state index contributed by atoms with van der Waals surface area (Å²) in [6.07, 6.45) is 10.1. The van der Waals surface area contributed by atoms with E-state index in [0.717, 1.165) is 35.6 Å². The van der Waals surface area contributed by atoms with E-state index in [4.69, 9.17) is 0 Å². The first kappa shape index (κ1) is 15.4. The lowest BCUT2D eigenvalue weighted by atomic mass is 9.73. The summed E-state index contributed by atoms with van der Waals surface area (Å²) >= 11 is 0. The Bertz CT molecular complexity index is 252. The van der Waals surface area contributed by atoms with Crippen LogP contribution in [0.1, 0.15) is 72.6 Å². The Morgan fingerprint density at radius 1 is 0.895 bits per heavy atom. The van der Waals surface area contributed by atoms with E-state index < -0.39 is 0 Å². The maximum absolute atomic E-state index is 3.97. The summed E-state index contributed by atoms with van der Waals surface area (Å²) in [5.41, 5.74) is 0. The first-order chi connectivity index (χ1) is 9.06. The third kappa shape index (κ3) is 4.48. The van der Waals surface area contributed by atoms with Gasteiger partial charge in [-0.1, -0.05) is 47.0 Å². The van der Waals surface area contributed by atoms with Crippen molar-refractivity contribution in [2.24, 2.45) is 29.6 Å². The zero-order valence-corrected chi connectivity index (χ0v) is 13.6. The summed E-state index contributed by atoms with van der Waals surface area (Å²) < 4.78 is 0. The van der Waals surface area contributed by atoms with E-state index in [9.17, 15) is 0 Å². The summed E-state index contributed by atoms with van der Waals surface area (Å²) in [5.74, 6) is 4.63. The van der Waals surface area contributed by atoms with Crippen LogP contribution in [0.3, 0.4) is 0 Å². The van der Waals surface area contributed by atoms with Gasteiger partial charge in [0.1, 0.15) is 0 Å². The highest BCUT2D eigenvalue weighted by Crippen LogP contribution is 2.34. The molecule has 0 amide bonds. The van der Waals surface area contributed by atoms with Gasteiger partial charge in [0.05, 0.1) is 0 Å². The molecule has 0 bridgehead atoms. The van der Waals surface area contributed by atoms with Crippen LogP contribution in [0.15, 0.2) is 0 Å². The fourth-order valence-corrected chi connectivity index (χ4v) is 4.29. The number of nitrogens with one attached hydrogen (secondary N) is 1. The van der Waals surface area contributed by atoms with Crippen LogP contribution >= 0.6 is 0 Å². The molecular weight excluding hydrogens is 230 g/mol. The van der Waals surface area contributed by atoms with Crippen LogP contribution in [0, 0.1) is 29.6 Å². The highest BCUT2D eigenvalue weighted by Gasteiger charge is 2.31. The second kappa shape index (κ2) is 7.11. The van der Waals surface area contributed by atoms with Crippen molar-refractivity contribution in [3.8, 4) is 0 Å². The standard InChI is InChI=1S/C18H35N/c1-13(2)17-10-7-15(4)11-18(17)19-12-16-8-5-14(3)6-9-16/h13-19H,5-12H2,1-4H3. The molecule has 0 aromatic heterocycles. The zero-order chi connectivity index (χ0) is 13.8. The van der Waals surface area contributed by atoms with E-state index in [0.29, 0.717) is 0 Å². The molecule has 2 fully saturated rings. The van der Waals surface area contributed by atoms with E-state index >= 15 is 0 Å². The van der Waals surface area contributed by atoms with E-state index in [2.05, 4.69) is 33.0 Å². The van der Waals surface area contributed by atoms with Crippen LogP contribution in [-0.4, -0.2) is 12.6 Å². The van der Waals surface area contributed by atoms with Crippen LogP contribution in [-0.2, 0) is 0 Å². The normalized spacial score (nSPS) is 40.6. The van der Waals surface area contributed by atoms with E-state index in [1.54, 1.807) is 0 Å². The van der Waals surface area contributed by atoms with Crippen molar-refractivity contribution in [3.05, 3.63) is 0 Å². The molecule has 0 aliphatic heterocycles. The van der Waals surface area contributed by atoms with Gasteiger partial charge in [0.25, 0.3) is 0 Å². The number of hydrogen-bond acceptors (Lipinski definition) is 1. The van der Waals surface area contributed by atoms with E-state index in [1.807, 2.05) is 0 Å². The summed E-state index contributed by atoms with van der Waals surface area (Å²) in [7, 11) is 0. The average molecular weight is 265 g/mol. The second-order valence-electron chi connectivity index (χ2n) is 7.97.